The van der Waals surface area contributed by atoms with Crippen molar-refractivity contribution in [1.82, 2.24) is 4.98 Å². The van der Waals surface area contributed by atoms with Crippen molar-refractivity contribution in [2.75, 3.05) is 11.9 Å². The number of oxime groups is 1. The van der Waals surface area contributed by atoms with Crippen LogP contribution in [0.4, 0.5) is 5.13 Å². The highest BCUT2D eigenvalue weighted by atomic mass is 32.1. The number of amides is 1. The van der Waals surface area contributed by atoms with E-state index >= 15 is 0 Å². The molecule has 88 valence electrons. The van der Waals surface area contributed by atoms with Gasteiger partial charge >= 0.3 is 5.97 Å². The lowest BCUT2D eigenvalue weighted by Gasteiger charge is -1.96. The lowest BCUT2D eigenvalue weighted by atomic mass is 10.3. The average molecular weight is 254 g/mol. The predicted molar refractivity (Wildman–Crippen MR) is 57.5 cm³/mol. The zero-order chi connectivity index (χ0) is 12.7. The van der Waals surface area contributed by atoms with Gasteiger partial charge in [0.15, 0.2) is 5.13 Å². The molecule has 0 radical (unpaired) electrons. The van der Waals surface area contributed by atoms with Gasteiger partial charge in [-0.2, -0.15) is 5.26 Å². The highest BCUT2D eigenvalue weighted by Crippen LogP contribution is 2.15. The molecule has 0 bridgehead atoms. The first-order chi connectivity index (χ1) is 8.19. The van der Waals surface area contributed by atoms with Crippen molar-refractivity contribution < 1.29 is 19.5 Å². The van der Waals surface area contributed by atoms with Crippen LogP contribution < -0.4 is 5.32 Å². The number of anilines is 1. The van der Waals surface area contributed by atoms with Crippen molar-refractivity contribution in [2.24, 2.45) is 5.16 Å². The Morgan fingerprint density at radius 2 is 2.59 bits per heavy atom. The van der Waals surface area contributed by atoms with Crippen LogP contribution in [0.2, 0.25) is 0 Å². The monoisotopic (exact) mass is 254 g/mol. The average Bonchev–Trinajstić information content (AvgIpc) is 2.73. The summed E-state index contributed by atoms with van der Waals surface area (Å²) >= 11 is 1.04. The fourth-order valence-corrected chi connectivity index (χ4v) is 1.48. The van der Waals surface area contributed by atoms with E-state index in [4.69, 9.17) is 10.4 Å². The highest BCUT2D eigenvalue weighted by molar-refractivity contribution is 7.14. The van der Waals surface area contributed by atoms with Crippen LogP contribution in [0.15, 0.2) is 10.5 Å². The molecule has 0 aromatic carbocycles. The zero-order valence-electron chi connectivity index (χ0n) is 8.28. The van der Waals surface area contributed by atoms with Crippen LogP contribution in [0.5, 0.6) is 0 Å². The number of carbonyl (C=O) groups is 2. The van der Waals surface area contributed by atoms with Crippen LogP contribution in [0.25, 0.3) is 0 Å². The summed E-state index contributed by atoms with van der Waals surface area (Å²) in [5.41, 5.74) is -0.389. The summed E-state index contributed by atoms with van der Waals surface area (Å²) in [5.74, 6) is -1.34. The molecule has 0 aliphatic heterocycles. The zero-order valence-corrected chi connectivity index (χ0v) is 9.10. The van der Waals surface area contributed by atoms with Gasteiger partial charge in [-0.25, -0.2) is 9.78 Å². The molecule has 0 atom stereocenters. The maximum absolute atomic E-state index is 10.8. The highest BCUT2D eigenvalue weighted by Gasteiger charge is 2.17. The maximum Gasteiger partial charge on any atom is 0.360 e. The number of aliphatic carboxylic acids is 1. The number of nitrogens with zero attached hydrogens (tertiary/aromatic N) is 3. The van der Waals surface area contributed by atoms with Gasteiger partial charge in [0, 0.05) is 5.38 Å². The molecule has 0 saturated carbocycles. The number of carboxylic acids is 1. The van der Waals surface area contributed by atoms with Gasteiger partial charge in [0.1, 0.15) is 11.8 Å². The molecule has 2 N–H and O–H groups in total. The first-order valence-corrected chi connectivity index (χ1v) is 5.03. The number of aromatic nitrogens is 1. The number of nitrogens with one attached hydrogen (secondary N) is 1. The van der Waals surface area contributed by atoms with Gasteiger partial charge in [-0.15, -0.1) is 11.3 Å². The van der Waals surface area contributed by atoms with Gasteiger partial charge in [-0.1, -0.05) is 5.16 Å². The van der Waals surface area contributed by atoms with Crippen molar-refractivity contribution in [3.05, 3.63) is 11.1 Å². The number of carbonyl (C=O) groups excluding carboxylic acids is 1. The van der Waals surface area contributed by atoms with Crippen molar-refractivity contribution in [2.45, 2.75) is 0 Å². The summed E-state index contributed by atoms with van der Waals surface area (Å²) in [6.45, 7) is -0.361. The van der Waals surface area contributed by atoms with Crippen LogP contribution in [0, 0.1) is 11.3 Å². The van der Waals surface area contributed by atoms with Gasteiger partial charge in [0.2, 0.25) is 18.7 Å². The molecular formula is C8H6N4O4S. The Labute approximate surface area is 99.1 Å². The summed E-state index contributed by atoms with van der Waals surface area (Å²) in [5, 5.41) is 24.2. The molecule has 0 aliphatic carbocycles. The summed E-state index contributed by atoms with van der Waals surface area (Å²) < 4.78 is 0. The Morgan fingerprint density at radius 3 is 3.18 bits per heavy atom. The molecule has 1 aromatic rings. The Kier molecular flexibility index (Phi) is 4.58. The molecule has 9 heteroatoms. The van der Waals surface area contributed by atoms with Crippen molar-refractivity contribution in [1.29, 1.82) is 5.26 Å². The number of rotatable bonds is 6. The number of carboxylic acid groups (broad SMARTS) is 1. The third-order valence-corrected chi connectivity index (χ3v) is 2.19. The Bertz CT molecular complexity index is 490. The SMILES string of the molecule is N#CCON=C(C(=O)O)c1csc(NC=O)n1. The molecule has 8 nitrogen and oxygen atoms in total. The van der Waals surface area contributed by atoms with Gasteiger partial charge in [0.05, 0.1) is 0 Å². The van der Waals surface area contributed by atoms with Crippen molar-refractivity contribution in [3.8, 4) is 6.07 Å². The van der Waals surface area contributed by atoms with Gasteiger partial charge < -0.3 is 15.3 Å². The van der Waals surface area contributed by atoms with Gasteiger partial charge in [-0.05, 0) is 0 Å². The topological polar surface area (TPSA) is 125 Å². The standard InChI is InChI=1S/C8H6N4O4S/c9-1-2-16-12-6(7(14)15)5-3-17-8(11-5)10-4-13/h3-4H,2H2,(H,14,15)(H,10,11,13). The van der Waals surface area contributed by atoms with Crippen LogP contribution in [0.3, 0.4) is 0 Å². The summed E-state index contributed by atoms with van der Waals surface area (Å²) in [7, 11) is 0. The molecule has 1 amide bonds. The third-order valence-electron chi connectivity index (χ3n) is 1.42. The predicted octanol–water partition coefficient (Wildman–Crippen LogP) is 0.0403. The normalized spacial score (nSPS) is 10.4. The minimum Gasteiger partial charge on any atom is -0.476 e. The second kappa shape index (κ2) is 6.19. The molecular weight excluding hydrogens is 248 g/mol. The van der Waals surface area contributed by atoms with Crippen LogP contribution in [0.1, 0.15) is 5.69 Å². The lowest BCUT2D eigenvalue weighted by molar-refractivity contribution is -0.129. The molecule has 0 fully saturated rings. The molecule has 0 aliphatic rings. The van der Waals surface area contributed by atoms with E-state index in [1.807, 2.05) is 0 Å². The molecule has 1 aromatic heterocycles. The number of hydrogen-bond acceptors (Lipinski definition) is 7. The van der Waals surface area contributed by atoms with Crippen LogP contribution >= 0.6 is 11.3 Å². The van der Waals surface area contributed by atoms with E-state index in [2.05, 4.69) is 20.3 Å². The summed E-state index contributed by atoms with van der Waals surface area (Å²) in [6.07, 6.45) is 0.423. The molecule has 0 saturated heterocycles. The molecule has 17 heavy (non-hydrogen) atoms. The van der Waals surface area contributed by atoms with Crippen LogP contribution in [-0.2, 0) is 14.4 Å². The smallest absolute Gasteiger partial charge is 0.360 e. The van der Waals surface area contributed by atoms with Gasteiger partial charge in [-0.3, -0.25) is 4.79 Å². The van der Waals surface area contributed by atoms with E-state index in [9.17, 15) is 9.59 Å². The first kappa shape index (κ1) is 12.6. The Hall–Kier alpha value is -2.47. The van der Waals surface area contributed by atoms with Crippen LogP contribution in [-0.4, -0.2) is 34.8 Å². The number of nitriles is 1. The van der Waals surface area contributed by atoms with E-state index in [1.165, 1.54) is 5.38 Å². The lowest BCUT2D eigenvalue weighted by Crippen LogP contribution is -2.15. The van der Waals surface area contributed by atoms with E-state index in [1.54, 1.807) is 6.07 Å². The quantitative estimate of drug-likeness (QED) is 0.319. The largest absolute Gasteiger partial charge is 0.476 e. The summed E-state index contributed by atoms with van der Waals surface area (Å²) in [6, 6.07) is 1.64. The second-order valence-electron chi connectivity index (χ2n) is 2.48. The van der Waals surface area contributed by atoms with E-state index in [-0.39, 0.29) is 17.4 Å². The van der Waals surface area contributed by atoms with E-state index in [0.29, 0.717) is 6.41 Å². The maximum atomic E-state index is 10.8. The molecule has 0 spiro atoms. The fourth-order valence-electron chi connectivity index (χ4n) is 0.820. The third kappa shape index (κ3) is 3.54. The minimum absolute atomic E-state index is 0.0461. The van der Waals surface area contributed by atoms with E-state index in [0.717, 1.165) is 11.3 Å². The molecule has 0 unspecified atom stereocenters. The van der Waals surface area contributed by atoms with E-state index < -0.39 is 11.7 Å². The minimum atomic E-state index is -1.34. The molecule has 1 rings (SSSR count). The first-order valence-electron chi connectivity index (χ1n) is 4.15. The van der Waals surface area contributed by atoms with Gasteiger partial charge in [0.25, 0.3) is 0 Å². The fraction of sp³-hybridized carbons (Fsp3) is 0.125. The second-order valence-corrected chi connectivity index (χ2v) is 3.33. The Balaban J connectivity index is 2.90. The summed E-state index contributed by atoms with van der Waals surface area (Å²) in [4.78, 5) is 29.2. The van der Waals surface area contributed by atoms with Crippen molar-refractivity contribution >= 4 is 34.6 Å². The van der Waals surface area contributed by atoms with Crippen molar-refractivity contribution in [3.63, 3.8) is 0 Å². The number of hydrogen-bond donors (Lipinski definition) is 2. The molecule has 1 heterocycles. The Morgan fingerprint density at radius 1 is 1.82 bits per heavy atom. The number of thiazole rings is 1.